The van der Waals surface area contributed by atoms with Crippen LogP contribution in [0.4, 0.5) is 10.5 Å². The van der Waals surface area contributed by atoms with Crippen molar-refractivity contribution in [1.82, 2.24) is 14.9 Å². The summed E-state index contributed by atoms with van der Waals surface area (Å²) in [5, 5.41) is 2.23. The van der Waals surface area contributed by atoms with E-state index in [2.05, 4.69) is 15.3 Å². The van der Waals surface area contributed by atoms with Crippen LogP contribution in [0, 0.1) is 5.92 Å². The first-order valence-electron chi connectivity index (χ1n) is 8.81. The minimum atomic E-state index is -1.13. The van der Waals surface area contributed by atoms with E-state index in [0.717, 1.165) is 17.9 Å². The fraction of sp³-hybridized carbons (Fsp3) is 0.316. The molecule has 4 amide bonds. The number of imide groups is 2. The van der Waals surface area contributed by atoms with E-state index in [4.69, 9.17) is 4.74 Å². The highest BCUT2D eigenvalue weighted by Gasteiger charge is 2.42. The molecule has 1 aromatic carbocycles. The predicted octanol–water partition coefficient (Wildman–Crippen LogP) is 1.64. The molecule has 1 unspecified atom stereocenters. The Morgan fingerprint density at radius 1 is 1.25 bits per heavy atom. The van der Waals surface area contributed by atoms with Crippen LogP contribution in [0.1, 0.15) is 13.3 Å². The molecule has 2 heterocycles. The molecule has 9 heteroatoms. The Bertz CT molecular complexity index is 890. The summed E-state index contributed by atoms with van der Waals surface area (Å²) in [4.78, 5) is 46.7. The summed E-state index contributed by atoms with van der Waals surface area (Å²) >= 11 is 0. The lowest BCUT2D eigenvalue weighted by atomic mass is 9.99. The number of carbonyl (C=O) groups is 3. The number of aliphatic imine (C=N–C) groups is 1. The Balaban J connectivity index is 1.71. The highest BCUT2D eigenvalue weighted by Crippen LogP contribution is 2.24. The van der Waals surface area contributed by atoms with E-state index in [1.54, 1.807) is 43.7 Å². The van der Waals surface area contributed by atoms with Gasteiger partial charge in [0.05, 0.1) is 19.1 Å². The van der Waals surface area contributed by atoms with Crippen molar-refractivity contribution in [1.29, 1.82) is 0 Å². The third-order valence-electron chi connectivity index (χ3n) is 4.41. The number of ether oxygens (including phenoxy) is 1. The second-order valence-corrected chi connectivity index (χ2v) is 6.28. The summed E-state index contributed by atoms with van der Waals surface area (Å²) in [7, 11) is 1.52. The number of carbonyl (C=O) groups excluding carboxylic acids is 3. The van der Waals surface area contributed by atoms with Crippen molar-refractivity contribution in [3.05, 3.63) is 43.0 Å². The SMILES string of the molecule is COc1ccc(N2C(=O)NC(=O)C(C(C)=NCCCn3ccnc3)C2=O)cc1. The monoisotopic (exact) mass is 383 g/mol. The molecule has 146 valence electrons. The normalized spacial score (nSPS) is 17.6. The van der Waals surface area contributed by atoms with Crippen LogP contribution in [0.15, 0.2) is 48.0 Å². The van der Waals surface area contributed by atoms with Crippen LogP contribution in [-0.4, -0.2) is 46.8 Å². The van der Waals surface area contributed by atoms with Gasteiger partial charge in [-0.15, -0.1) is 0 Å². The fourth-order valence-electron chi connectivity index (χ4n) is 2.94. The van der Waals surface area contributed by atoms with Crippen LogP contribution in [-0.2, 0) is 16.1 Å². The number of barbiturate groups is 1. The standard InChI is InChI=1S/C19H21N5O4/c1-13(21-8-3-10-23-11-9-20-12-23)16-17(25)22-19(27)24(18(16)26)14-4-6-15(28-2)7-5-14/h4-7,9,11-12,16H,3,8,10H2,1-2H3,(H,22,25,27). The van der Waals surface area contributed by atoms with Crippen LogP contribution < -0.4 is 15.0 Å². The number of urea groups is 1. The zero-order valence-electron chi connectivity index (χ0n) is 15.7. The number of anilines is 1. The molecule has 1 atom stereocenters. The molecule has 0 bridgehead atoms. The van der Waals surface area contributed by atoms with Gasteiger partial charge in [-0.1, -0.05) is 0 Å². The van der Waals surface area contributed by atoms with Gasteiger partial charge in [0.15, 0.2) is 5.92 Å². The zero-order valence-corrected chi connectivity index (χ0v) is 15.7. The lowest BCUT2D eigenvalue weighted by Crippen LogP contribution is -2.60. The van der Waals surface area contributed by atoms with Crippen LogP contribution in [0.2, 0.25) is 0 Å². The van der Waals surface area contributed by atoms with Gasteiger partial charge in [-0.25, -0.2) is 14.7 Å². The van der Waals surface area contributed by atoms with E-state index in [-0.39, 0.29) is 0 Å². The zero-order chi connectivity index (χ0) is 20.1. The van der Waals surface area contributed by atoms with Gasteiger partial charge in [0.25, 0.3) is 5.91 Å². The van der Waals surface area contributed by atoms with Crippen LogP contribution >= 0.6 is 0 Å². The van der Waals surface area contributed by atoms with Crippen molar-refractivity contribution in [2.45, 2.75) is 19.9 Å². The topological polar surface area (TPSA) is 106 Å². The van der Waals surface area contributed by atoms with Crippen molar-refractivity contribution in [2.24, 2.45) is 10.9 Å². The molecular formula is C19H21N5O4. The Labute approximate surface area is 162 Å². The third kappa shape index (κ3) is 4.08. The molecule has 0 radical (unpaired) electrons. The van der Waals surface area contributed by atoms with E-state index >= 15 is 0 Å². The second kappa shape index (κ2) is 8.47. The molecule has 9 nitrogen and oxygen atoms in total. The van der Waals surface area contributed by atoms with Gasteiger partial charge in [0, 0.05) is 31.2 Å². The van der Waals surface area contributed by atoms with Crippen molar-refractivity contribution < 1.29 is 19.1 Å². The molecule has 1 aliphatic heterocycles. The van der Waals surface area contributed by atoms with Gasteiger partial charge in [0.2, 0.25) is 5.91 Å². The maximum atomic E-state index is 12.9. The van der Waals surface area contributed by atoms with E-state index in [0.29, 0.717) is 23.7 Å². The molecule has 1 aromatic heterocycles. The van der Waals surface area contributed by atoms with Gasteiger partial charge in [0.1, 0.15) is 5.75 Å². The van der Waals surface area contributed by atoms with Gasteiger partial charge in [-0.2, -0.15) is 0 Å². The number of aromatic nitrogens is 2. The van der Waals surface area contributed by atoms with Crippen LogP contribution in [0.25, 0.3) is 0 Å². The molecule has 2 aromatic rings. The summed E-state index contributed by atoms with van der Waals surface area (Å²) in [5.74, 6) is -1.81. The number of nitrogens with one attached hydrogen (secondary N) is 1. The molecule has 0 aliphatic carbocycles. The number of benzene rings is 1. The number of imidazole rings is 1. The number of rotatable bonds is 7. The third-order valence-corrected chi connectivity index (χ3v) is 4.41. The smallest absolute Gasteiger partial charge is 0.335 e. The number of aryl methyl sites for hydroxylation is 1. The molecule has 1 aliphatic rings. The Hall–Kier alpha value is -3.49. The van der Waals surface area contributed by atoms with Crippen molar-refractivity contribution >= 4 is 29.2 Å². The summed E-state index contributed by atoms with van der Waals surface area (Å²) in [6.07, 6.45) is 6.00. The maximum absolute atomic E-state index is 12.9. The molecular weight excluding hydrogens is 362 g/mol. The molecule has 1 N–H and O–H groups in total. The largest absolute Gasteiger partial charge is 0.497 e. The van der Waals surface area contributed by atoms with Crippen LogP contribution in [0.3, 0.4) is 0 Å². The number of amides is 4. The quantitative estimate of drug-likeness (QED) is 0.444. The summed E-state index contributed by atoms with van der Waals surface area (Å²) in [6, 6.07) is 5.67. The Kier molecular flexibility index (Phi) is 5.83. The van der Waals surface area contributed by atoms with E-state index in [9.17, 15) is 14.4 Å². The maximum Gasteiger partial charge on any atom is 0.335 e. The summed E-state index contributed by atoms with van der Waals surface area (Å²) < 4.78 is 7.01. The second-order valence-electron chi connectivity index (χ2n) is 6.28. The molecule has 0 saturated carbocycles. The van der Waals surface area contributed by atoms with Crippen molar-refractivity contribution in [2.75, 3.05) is 18.6 Å². The Morgan fingerprint density at radius 2 is 2.00 bits per heavy atom. The van der Waals surface area contributed by atoms with Crippen molar-refractivity contribution in [3.63, 3.8) is 0 Å². The Morgan fingerprint density at radius 3 is 2.64 bits per heavy atom. The molecule has 3 rings (SSSR count). The summed E-state index contributed by atoms with van der Waals surface area (Å²) in [5.41, 5.74) is 0.729. The average Bonchev–Trinajstić information content (AvgIpc) is 3.19. The minimum absolute atomic E-state index is 0.355. The van der Waals surface area contributed by atoms with Crippen LogP contribution in [0.5, 0.6) is 5.75 Å². The lowest BCUT2D eigenvalue weighted by molar-refractivity contribution is -0.131. The minimum Gasteiger partial charge on any atom is -0.497 e. The molecule has 28 heavy (non-hydrogen) atoms. The first-order valence-corrected chi connectivity index (χ1v) is 8.81. The van der Waals surface area contributed by atoms with Gasteiger partial charge in [-0.05, 0) is 37.6 Å². The molecule has 0 spiro atoms. The highest BCUT2D eigenvalue weighted by atomic mass is 16.5. The molecule has 1 fully saturated rings. The predicted molar refractivity (Wildman–Crippen MR) is 102 cm³/mol. The number of methoxy groups -OCH3 is 1. The van der Waals surface area contributed by atoms with E-state index < -0.39 is 23.8 Å². The number of hydrogen-bond acceptors (Lipinski definition) is 6. The van der Waals surface area contributed by atoms with Gasteiger partial charge >= 0.3 is 6.03 Å². The number of nitrogens with zero attached hydrogens (tertiary/aromatic N) is 4. The molecule has 1 saturated heterocycles. The first kappa shape index (κ1) is 19.3. The first-order chi connectivity index (χ1) is 13.5. The average molecular weight is 383 g/mol. The van der Waals surface area contributed by atoms with Gasteiger partial charge < -0.3 is 9.30 Å². The van der Waals surface area contributed by atoms with Gasteiger partial charge in [-0.3, -0.25) is 19.9 Å². The van der Waals surface area contributed by atoms with Crippen molar-refractivity contribution in [3.8, 4) is 5.75 Å². The fourth-order valence-corrected chi connectivity index (χ4v) is 2.94. The lowest BCUT2D eigenvalue weighted by Gasteiger charge is -2.30. The highest BCUT2D eigenvalue weighted by molar-refractivity contribution is 6.35. The van der Waals surface area contributed by atoms with E-state index in [1.165, 1.54) is 7.11 Å². The number of hydrogen-bond donors (Lipinski definition) is 1. The van der Waals surface area contributed by atoms with E-state index in [1.807, 2.05) is 10.8 Å². The summed E-state index contributed by atoms with van der Waals surface area (Å²) in [6.45, 7) is 2.82.